The Bertz CT molecular complexity index is 1900. The normalized spacial score (nSPS) is 16.4. The Morgan fingerprint density at radius 3 is 2.40 bits per heavy atom. The average Bonchev–Trinajstić information content (AvgIpc) is 2.96. The van der Waals surface area contributed by atoms with Crippen LogP contribution in [0, 0.1) is 25.5 Å². The molecule has 2 N–H and O–H groups in total. The zero-order valence-corrected chi connectivity index (χ0v) is 24.3. The summed E-state index contributed by atoms with van der Waals surface area (Å²) < 4.78 is 79.3. The molecule has 3 aromatic carbocycles. The molecule has 5 rings (SSSR count). The largest absolute Gasteiger partial charge is 0.481 e. The fourth-order valence-electron chi connectivity index (χ4n) is 5.70. The third kappa shape index (κ3) is 5.92. The summed E-state index contributed by atoms with van der Waals surface area (Å²) in [5.41, 5.74) is -1.90. The van der Waals surface area contributed by atoms with Crippen LogP contribution in [0.1, 0.15) is 58.8 Å². The number of aliphatic carboxylic acids is 1. The molecule has 0 unspecified atom stereocenters. The summed E-state index contributed by atoms with van der Waals surface area (Å²) in [5.74, 6) is -4.06. The van der Waals surface area contributed by atoms with Crippen LogP contribution in [0.15, 0.2) is 65.6 Å². The standard InChI is InChI=1S/C33H27F5N2O5/c1-4-20-23(33(36,37)38)10-11-40(32(20)44)30-21-14-19(8-9-24(21)34)45-26-7-5-6-16(2)28(26)18-12-17(3)29(35)22(13-18)25(15-27(41)42)39-31(30)43/h5-14,25,30H,4,15H2,1-3H3,(H,39,43)(H,41,42)/t25-,30+/m1/s1. The van der Waals surface area contributed by atoms with Gasteiger partial charge in [-0.1, -0.05) is 19.1 Å². The maximum absolute atomic E-state index is 15.7. The number of carbonyl (C=O) groups is 2. The minimum absolute atomic E-state index is 0.0344. The Hall–Kier alpha value is -5.00. The van der Waals surface area contributed by atoms with Gasteiger partial charge in [0.05, 0.1) is 18.0 Å². The number of amides is 1. The SMILES string of the molecule is CCc1c(C(F)(F)F)ccn([C@@H]2C(=O)N[C@H](CC(=O)O)c3cc(cc(C)c3F)-c3c(C)cccc3Oc3ccc(F)c2c3)c1=O. The van der Waals surface area contributed by atoms with Gasteiger partial charge in [0.1, 0.15) is 29.2 Å². The smallest absolute Gasteiger partial charge is 0.416 e. The van der Waals surface area contributed by atoms with Crippen molar-refractivity contribution in [3.05, 3.63) is 116 Å². The molecule has 1 amide bonds. The number of alkyl halides is 3. The first kappa shape index (κ1) is 31.4. The van der Waals surface area contributed by atoms with E-state index in [1.54, 1.807) is 31.2 Å². The van der Waals surface area contributed by atoms with Gasteiger partial charge in [-0.15, -0.1) is 0 Å². The number of rotatable bonds is 4. The predicted octanol–water partition coefficient (Wildman–Crippen LogP) is 7.02. The minimum atomic E-state index is -4.88. The molecule has 2 atom stereocenters. The third-order valence-corrected chi connectivity index (χ3v) is 7.77. The van der Waals surface area contributed by atoms with E-state index in [0.29, 0.717) is 27.3 Å². The quantitative estimate of drug-likeness (QED) is 0.238. The number of aryl methyl sites for hydroxylation is 2. The molecular weight excluding hydrogens is 599 g/mol. The average molecular weight is 627 g/mol. The van der Waals surface area contributed by atoms with Gasteiger partial charge in [0.2, 0.25) is 5.91 Å². The van der Waals surface area contributed by atoms with E-state index in [1.165, 1.54) is 26.0 Å². The number of benzene rings is 3. The molecule has 0 aliphatic carbocycles. The molecule has 1 aliphatic rings. The number of carbonyl (C=O) groups excluding carboxylic acids is 1. The van der Waals surface area contributed by atoms with Crippen LogP contribution in [0.4, 0.5) is 22.0 Å². The maximum Gasteiger partial charge on any atom is 0.416 e. The molecular formula is C33H27F5N2O5. The summed E-state index contributed by atoms with van der Waals surface area (Å²) in [7, 11) is 0. The lowest BCUT2D eigenvalue weighted by atomic mass is 9.92. The Morgan fingerprint density at radius 1 is 1.00 bits per heavy atom. The molecule has 12 heteroatoms. The lowest BCUT2D eigenvalue weighted by Crippen LogP contribution is -2.41. The number of hydrogen-bond acceptors (Lipinski definition) is 4. The molecule has 1 aliphatic heterocycles. The number of nitrogens with one attached hydrogen (secondary N) is 1. The van der Waals surface area contributed by atoms with Crippen LogP contribution in [0.2, 0.25) is 0 Å². The van der Waals surface area contributed by atoms with E-state index in [4.69, 9.17) is 4.74 Å². The van der Waals surface area contributed by atoms with E-state index in [2.05, 4.69) is 5.32 Å². The number of fused-ring (bicyclic) bond motifs is 6. The molecule has 4 aromatic rings. The number of aromatic nitrogens is 1. The van der Waals surface area contributed by atoms with Gasteiger partial charge >= 0.3 is 12.1 Å². The van der Waals surface area contributed by atoms with Crippen molar-refractivity contribution in [1.29, 1.82) is 0 Å². The third-order valence-electron chi connectivity index (χ3n) is 7.77. The van der Waals surface area contributed by atoms with Gasteiger partial charge in [-0.25, -0.2) is 8.78 Å². The van der Waals surface area contributed by atoms with Crippen LogP contribution >= 0.6 is 0 Å². The second kappa shape index (κ2) is 11.8. The molecule has 0 spiro atoms. The highest BCUT2D eigenvalue weighted by Gasteiger charge is 2.37. The Balaban J connectivity index is 1.84. The van der Waals surface area contributed by atoms with Crippen LogP contribution in [0.3, 0.4) is 0 Å². The number of carboxylic acids is 1. The zero-order valence-electron chi connectivity index (χ0n) is 24.3. The highest BCUT2D eigenvalue weighted by atomic mass is 19.4. The molecule has 0 saturated carbocycles. The molecule has 45 heavy (non-hydrogen) atoms. The first-order valence-corrected chi connectivity index (χ1v) is 13.9. The van der Waals surface area contributed by atoms with Gasteiger partial charge < -0.3 is 15.2 Å². The summed E-state index contributed by atoms with van der Waals surface area (Å²) in [4.78, 5) is 39.5. The molecule has 0 radical (unpaired) electrons. The Kier molecular flexibility index (Phi) is 8.26. The fraction of sp³-hybridized carbons (Fsp3) is 0.242. The highest BCUT2D eigenvalue weighted by molar-refractivity contribution is 5.85. The van der Waals surface area contributed by atoms with E-state index < -0.39 is 70.4 Å². The van der Waals surface area contributed by atoms with Crippen molar-refractivity contribution in [2.24, 2.45) is 0 Å². The summed E-state index contributed by atoms with van der Waals surface area (Å²) in [6, 6.07) is 8.59. The molecule has 2 heterocycles. The van der Waals surface area contributed by atoms with Crippen molar-refractivity contribution < 1.29 is 41.4 Å². The number of pyridine rings is 1. The summed E-state index contributed by atoms with van der Waals surface area (Å²) in [6.07, 6.45) is -5.31. The first-order valence-electron chi connectivity index (χ1n) is 13.9. The molecule has 234 valence electrons. The molecule has 4 bridgehead atoms. The Morgan fingerprint density at radius 2 is 1.73 bits per heavy atom. The minimum Gasteiger partial charge on any atom is -0.481 e. The maximum atomic E-state index is 15.7. The van der Waals surface area contributed by atoms with E-state index in [9.17, 15) is 32.7 Å². The van der Waals surface area contributed by atoms with Gasteiger partial charge in [-0.2, -0.15) is 13.2 Å². The topological polar surface area (TPSA) is 97.6 Å². The van der Waals surface area contributed by atoms with Gasteiger partial charge in [0, 0.05) is 28.5 Å². The fourth-order valence-corrected chi connectivity index (χ4v) is 5.70. The Labute approximate surface area is 253 Å². The van der Waals surface area contributed by atoms with E-state index >= 15 is 8.78 Å². The zero-order chi connectivity index (χ0) is 32.8. The second-order valence-electron chi connectivity index (χ2n) is 10.8. The van der Waals surface area contributed by atoms with E-state index in [-0.39, 0.29) is 29.0 Å². The van der Waals surface area contributed by atoms with Crippen LogP contribution in [-0.2, 0) is 22.2 Å². The van der Waals surface area contributed by atoms with Gasteiger partial charge in [-0.05, 0) is 79.4 Å². The van der Waals surface area contributed by atoms with Crippen molar-refractivity contribution >= 4 is 11.9 Å². The van der Waals surface area contributed by atoms with Gasteiger partial charge in [-0.3, -0.25) is 19.0 Å². The lowest BCUT2D eigenvalue weighted by molar-refractivity contribution is -0.139. The van der Waals surface area contributed by atoms with Crippen molar-refractivity contribution in [2.75, 3.05) is 0 Å². The number of ether oxygens (including phenoxy) is 1. The monoisotopic (exact) mass is 626 g/mol. The lowest BCUT2D eigenvalue weighted by Gasteiger charge is -2.26. The number of carboxylic acid groups (broad SMARTS) is 1. The molecule has 7 nitrogen and oxygen atoms in total. The van der Waals surface area contributed by atoms with Crippen LogP contribution in [0.5, 0.6) is 11.5 Å². The van der Waals surface area contributed by atoms with E-state index in [1.807, 2.05) is 0 Å². The number of hydrogen-bond donors (Lipinski definition) is 2. The second-order valence-corrected chi connectivity index (χ2v) is 10.8. The van der Waals surface area contributed by atoms with Crippen molar-refractivity contribution in [3.63, 3.8) is 0 Å². The first-order chi connectivity index (χ1) is 21.2. The molecule has 1 aromatic heterocycles. The van der Waals surface area contributed by atoms with Crippen LogP contribution < -0.4 is 15.6 Å². The summed E-state index contributed by atoms with van der Waals surface area (Å²) >= 11 is 0. The number of halogens is 5. The summed E-state index contributed by atoms with van der Waals surface area (Å²) in [5, 5.41) is 12.2. The predicted molar refractivity (Wildman–Crippen MR) is 154 cm³/mol. The molecule has 0 fully saturated rings. The molecule has 0 saturated heterocycles. The van der Waals surface area contributed by atoms with Crippen molar-refractivity contribution in [2.45, 2.75) is 51.9 Å². The van der Waals surface area contributed by atoms with Gasteiger partial charge in [0.15, 0.2) is 0 Å². The van der Waals surface area contributed by atoms with Gasteiger partial charge in [0.25, 0.3) is 5.56 Å². The number of nitrogens with zero attached hydrogens (tertiary/aromatic N) is 1. The van der Waals surface area contributed by atoms with E-state index in [0.717, 1.165) is 18.3 Å². The summed E-state index contributed by atoms with van der Waals surface area (Å²) in [6.45, 7) is 4.58. The van der Waals surface area contributed by atoms with Crippen molar-refractivity contribution in [1.82, 2.24) is 9.88 Å². The van der Waals surface area contributed by atoms with Crippen molar-refractivity contribution in [3.8, 4) is 22.6 Å². The highest BCUT2D eigenvalue weighted by Crippen LogP contribution is 2.40. The van der Waals surface area contributed by atoms with Crippen LogP contribution in [-0.4, -0.2) is 21.6 Å². The van der Waals surface area contributed by atoms with Crippen LogP contribution in [0.25, 0.3) is 11.1 Å².